The van der Waals surface area contributed by atoms with Crippen molar-refractivity contribution in [1.29, 1.82) is 0 Å². The third kappa shape index (κ3) is 4.93. The average Bonchev–Trinajstić information content (AvgIpc) is 3.04. The molecule has 0 radical (unpaired) electrons. The Bertz CT molecular complexity index is 353. The Hall–Kier alpha value is -0.670. The number of rotatable bonds is 9. The summed E-state index contributed by atoms with van der Waals surface area (Å²) in [6, 6.07) is 0.915. The van der Waals surface area contributed by atoms with Crippen LogP contribution in [0.5, 0.6) is 0 Å². The molecular formula is C18H31NO2. The monoisotopic (exact) mass is 293 g/mol. The maximum Gasteiger partial charge on any atom is 0.155 e. The van der Waals surface area contributed by atoms with Crippen LogP contribution in [0.2, 0.25) is 0 Å². The maximum absolute atomic E-state index is 11.8. The highest BCUT2D eigenvalue weighted by Gasteiger charge is 2.42. The van der Waals surface area contributed by atoms with Crippen LogP contribution in [0.25, 0.3) is 0 Å². The Morgan fingerprint density at radius 2 is 2.19 bits per heavy atom. The van der Waals surface area contributed by atoms with Crippen molar-refractivity contribution in [3.05, 3.63) is 12.2 Å². The summed E-state index contributed by atoms with van der Waals surface area (Å²) >= 11 is 0. The fourth-order valence-corrected chi connectivity index (χ4v) is 3.86. The van der Waals surface area contributed by atoms with Crippen LogP contribution >= 0.6 is 0 Å². The van der Waals surface area contributed by atoms with E-state index in [2.05, 4.69) is 11.8 Å². The van der Waals surface area contributed by atoms with Crippen LogP contribution in [-0.2, 0) is 4.79 Å². The van der Waals surface area contributed by atoms with Crippen LogP contribution in [0.1, 0.15) is 71.1 Å². The van der Waals surface area contributed by atoms with Gasteiger partial charge in [0.2, 0.25) is 0 Å². The Kier molecular flexibility index (Phi) is 6.91. The van der Waals surface area contributed by atoms with E-state index in [1.807, 2.05) is 6.08 Å². The minimum atomic E-state index is -0.133. The molecule has 2 saturated heterocycles. The zero-order valence-corrected chi connectivity index (χ0v) is 13.5. The van der Waals surface area contributed by atoms with E-state index in [4.69, 9.17) is 0 Å². The lowest BCUT2D eigenvalue weighted by molar-refractivity contribution is -0.114. The Morgan fingerprint density at radius 3 is 3.00 bits per heavy atom. The second-order valence-electron chi connectivity index (χ2n) is 6.66. The van der Waals surface area contributed by atoms with E-state index >= 15 is 0 Å². The molecule has 0 unspecified atom stereocenters. The van der Waals surface area contributed by atoms with Gasteiger partial charge in [-0.15, -0.1) is 0 Å². The maximum atomic E-state index is 11.8. The van der Waals surface area contributed by atoms with Gasteiger partial charge in [-0.3, -0.25) is 9.69 Å². The molecule has 3 nitrogen and oxygen atoms in total. The van der Waals surface area contributed by atoms with Crippen molar-refractivity contribution in [1.82, 2.24) is 4.90 Å². The molecule has 0 aromatic heterocycles. The zero-order chi connectivity index (χ0) is 15.1. The van der Waals surface area contributed by atoms with Crippen molar-refractivity contribution in [3.8, 4) is 0 Å². The zero-order valence-electron chi connectivity index (χ0n) is 13.5. The molecule has 2 aliphatic rings. The van der Waals surface area contributed by atoms with Crippen molar-refractivity contribution in [3.63, 3.8) is 0 Å². The molecule has 2 rings (SSSR count). The van der Waals surface area contributed by atoms with Gasteiger partial charge >= 0.3 is 0 Å². The van der Waals surface area contributed by atoms with Crippen LogP contribution in [0.15, 0.2) is 12.2 Å². The first kappa shape index (κ1) is 16.7. The molecule has 0 bridgehead atoms. The van der Waals surface area contributed by atoms with Gasteiger partial charge in [0, 0.05) is 18.5 Å². The van der Waals surface area contributed by atoms with Crippen molar-refractivity contribution in [2.75, 3.05) is 6.54 Å². The van der Waals surface area contributed by atoms with Gasteiger partial charge in [0.1, 0.15) is 0 Å². The van der Waals surface area contributed by atoms with Gasteiger partial charge in [-0.2, -0.15) is 0 Å². The minimum Gasteiger partial charge on any atom is -0.391 e. The van der Waals surface area contributed by atoms with Crippen molar-refractivity contribution in [2.24, 2.45) is 0 Å². The molecule has 0 spiro atoms. The molecule has 0 aromatic rings. The molecule has 1 N–H and O–H groups in total. The molecule has 120 valence electrons. The second-order valence-corrected chi connectivity index (χ2v) is 6.66. The fourth-order valence-electron chi connectivity index (χ4n) is 3.86. The van der Waals surface area contributed by atoms with Gasteiger partial charge in [-0.05, 0) is 57.6 Å². The molecular weight excluding hydrogens is 262 g/mol. The van der Waals surface area contributed by atoms with E-state index in [9.17, 15) is 9.90 Å². The van der Waals surface area contributed by atoms with Crippen molar-refractivity contribution in [2.45, 2.75) is 89.3 Å². The summed E-state index contributed by atoms with van der Waals surface area (Å²) in [5, 5.41) is 10.0. The Balaban J connectivity index is 1.60. The van der Waals surface area contributed by atoms with Crippen LogP contribution < -0.4 is 0 Å². The number of allylic oxidation sites excluding steroid dienone is 2. The number of aliphatic hydroxyl groups excluding tert-OH is 1. The third-order valence-electron chi connectivity index (χ3n) is 5.01. The summed E-state index contributed by atoms with van der Waals surface area (Å²) in [4.78, 5) is 14.3. The van der Waals surface area contributed by atoms with Crippen LogP contribution in [0.4, 0.5) is 0 Å². The van der Waals surface area contributed by atoms with Crippen LogP contribution in [0.3, 0.4) is 0 Å². The van der Waals surface area contributed by atoms with E-state index in [0.29, 0.717) is 18.5 Å². The van der Waals surface area contributed by atoms with E-state index in [-0.39, 0.29) is 11.9 Å². The molecule has 0 aromatic carbocycles. The highest BCUT2D eigenvalue weighted by Crippen LogP contribution is 2.34. The lowest BCUT2D eigenvalue weighted by atomic mass is 10.0. The fraction of sp³-hybridized carbons (Fsp3) is 0.833. The molecule has 0 amide bonds. The van der Waals surface area contributed by atoms with E-state index in [0.717, 1.165) is 38.6 Å². The molecule has 3 heteroatoms. The SMILES string of the molecule is CCCCC/C=C/C(=O)CCC[C@H]1C[C@@H](O)[C@@H]2CCCN12. The minimum absolute atomic E-state index is 0.133. The van der Waals surface area contributed by atoms with E-state index < -0.39 is 0 Å². The highest BCUT2D eigenvalue weighted by molar-refractivity contribution is 5.89. The smallest absolute Gasteiger partial charge is 0.155 e. The Labute approximate surface area is 129 Å². The van der Waals surface area contributed by atoms with Crippen molar-refractivity contribution < 1.29 is 9.90 Å². The third-order valence-corrected chi connectivity index (χ3v) is 5.01. The predicted molar refractivity (Wildman–Crippen MR) is 86.3 cm³/mol. The number of unbranched alkanes of at least 4 members (excludes halogenated alkanes) is 3. The first-order valence-corrected chi connectivity index (χ1v) is 8.85. The number of hydrogen-bond donors (Lipinski definition) is 1. The summed E-state index contributed by atoms with van der Waals surface area (Å²) in [5.41, 5.74) is 0. The molecule has 0 saturated carbocycles. The molecule has 2 fully saturated rings. The first-order valence-electron chi connectivity index (χ1n) is 8.85. The van der Waals surface area contributed by atoms with Gasteiger partial charge in [0.05, 0.1) is 6.10 Å². The standard InChI is InChI=1S/C18H31NO2/c1-2-3-4-5-6-10-16(20)11-7-9-15-14-18(21)17-12-8-13-19(15)17/h6,10,15,17-18,21H,2-5,7-9,11-14H2,1H3/b10-6+/t15-,17-,18+/m0/s1. The normalized spacial score (nSPS) is 29.3. The lowest BCUT2D eigenvalue weighted by Gasteiger charge is -2.23. The number of fused-ring (bicyclic) bond motifs is 1. The number of carbonyl (C=O) groups excluding carboxylic acids is 1. The summed E-state index contributed by atoms with van der Waals surface area (Å²) < 4.78 is 0. The van der Waals surface area contributed by atoms with Gasteiger partial charge in [0.15, 0.2) is 5.78 Å². The Morgan fingerprint density at radius 1 is 1.33 bits per heavy atom. The number of nitrogens with zero attached hydrogens (tertiary/aromatic N) is 1. The number of hydrogen-bond acceptors (Lipinski definition) is 3. The van der Waals surface area contributed by atoms with Crippen molar-refractivity contribution >= 4 is 5.78 Å². The molecule has 3 atom stereocenters. The van der Waals surface area contributed by atoms with Crippen LogP contribution in [-0.4, -0.2) is 40.5 Å². The molecule has 21 heavy (non-hydrogen) atoms. The van der Waals surface area contributed by atoms with Gasteiger partial charge in [-0.1, -0.05) is 25.8 Å². The second kappa shape index (κ2) is 8.70. The largest absolute Gasteiger partial charge is 0.391 e. The highest BCUT2D eigenvalue weighted by atomic mass is 16.3. The molecule has 0 aliphatic carbocycles. The predicted octanol–water partition coefficient (Wildman–Crippen LogP) is 3.46. The van der Waals surface area contributed by atoms with Gasteiger partial charge in [0.25, 0.3) is 0 Å². The van der Waals surface area contributed by atoms with E-state index in [1.54, 1.807) is 6.08 Å². The van der Waals surface area contributed by atoms with E-state index in [1.165, 1.54) is 25.7 Å². The number of aliphatic hydroxyl groups is 1. The lowest BCUT2D eigenvalue weighted by Crippen LogP contribution is -2.33. The summed E-state index contributed by atoms with van der Waals surface area (Å²) in [6.07, 6.45) is 14.3. The average molecular weight is 293 g/mol. The molecule has 2 aliphatic heterocycles. The number of carbonyl (C=O) groups is 1. The van der Waals surface area contributed by atoms with Crippen LogP contribution in [0, 0.1) is 0 Å². The summed E-state index contributed by atoms with van der Waals surface area (Å²) in [5.74, 6) is 0.267. The number of ketones is 1. The quantitative estimate of drug-likeness (QED) is 0.523. The first-order chi connectivity index (χ1) is 10.2. The molecule has 2 heterocycles. The topological polar surface area (TPSA) is 40.5 Å². The van der Waals surface area contributed by atoms with Gasteiger partial charge in [-0.25, -0.2) is 0 Å². The summed E-state index contributed by atoms with van der Waals surface area (Å²) in [7, 11) is 0. The summed E-state index contributed by atoms with van der Waals surface area (Å²) in [6.45, 7) is 3.33. The van der Waals surface area contributed by atoms with Gasteiger partial charge < -0.3 is 5.11 Å².